The molecule has 0 radical (unpaired) electrons. The first-order valence-corrected chi connectivity index (χ1v) is 4.72. The van der Waals surface area contributed by atoms with Gasteiger partial charge in [-0.1, -0.05) is 0 Å². The third-order valence-corrected chi connectivity index (χ3v) is 2.32. The van der Waals surface area contributed by atoms with Gasteiger partial charge in [0, 0.05) is 32.4 Å². The Hall–Kier alpha value is -1.31. The number of pyridine rings is 1. The van der Waals surface area contributed by atoms with E-state index in [-0.39, 0.29) is 12.4 Å². The minimum absolute atomic E-state index is 0. The van der Waals surface area contributed by atoms with Gasteiger partial charge in [-0.3, -0.25) is 0 Å². The predicted molar refractivity (Wildman–Crippen MR) is 61.3 cm³/mol. The van der Waals surface area contributed by atoms with Crippen LogP contribution in [0, 0.1) is 11.3 Å². The monoisotopic (exact) mass is 224 g/mol. The van der Waals surface area contributed by atoms with E-state index in [4.69, 9.17) is 5.26 Å². The Morgan fingerprint density at radius 1 is 1.40 bits per heavy atom. The van der Waals surface area contributed by atoms with E-state index in [0.717, 1.165) is 32.0 Å². The van der Waals surface area contributed by atoms with Crippen molar-refractivity contribution in [1.82, 2.24) is 10.3 Å². The molecular formula is C10H13ClN4. The van der Waals surface area contributed by atoms with E-state index in [2.05, 4.69) is 21.3 Å². The van der Waals surface area contributed by atoms with Gasteiger partial charge in [-0.2, -0.15) is 5.26 Å². The molecule has 2 heterocycles. The van der Waals surface area contributed by atoms with Gasteiger partial charge in [0.1, 0.15) is 5.82 Å². The van der Waals surface area contributed by atoms with E-state index in [1.165, 1.54) is 0 Å². The third-order valence-electron chi connectivity index (χ3n) is 2.32. The summed E-state index contributed by atoms with van der Waals surface area (Å²) in [5.41, 5.74) is 0.675. The highest BCUT2D eigenvalue weighted by Crippen LogP contribution is 2.12. The topological polar surface area (TPSA) is 52.0 Å². The maximum atomic E-state index is 8.75. The molecule has 1 aliphatic rings. The van der Waals surface area contributed by atoms with Crippen molar-refractivity contribution in [3.8, 4) is 6.07 Å². The first kappa shape index (κ1) is 11.8. The van der Waals surface area contributed by atoms with Crippen molar-refractivity contribution >= 4 is 18.2 Å². The Bertz CT molecular complexity index is 355. The lowest BCUT2D eigenvalue weighted by molar-refractivity contribution is 0.585. The highest BCUT2D eigenvalue weighted by atomic mass is 35.5. The largest absolute Gasteiger partial charge is 0.354 e. The zero-order valence-corrected chi connectivity index (χ0v) is 9.13. The second-order valence-electron chi connectivity index (χ2n) is 3.25. The molecule has 0 aromatic carbocycles. The number of halogens is 1. The van der Waals surface area contributed by atoms with Gasteiger partial charge in [0.05, 0.1) is 11.6 Å². The van der Waals surface area contributed by atoms with Crippen molar-refractivity contribution in [2.45, 2.75) is 0 Å². The third kappa shape index (κ3) is 2.82. The molecule has 1 fully saturated rings. The number of aromatic nitrogens is 1. The molecule has 0 atom stereocenters. The first-order chi connectivity index (χ1) is 6.90. The Balaban J connectivity index is 0.00000112. The van der Waals surface area contributed by atoms with Crippen LogP contribution >= 0.6 is 12.4 Å². The van der Waals surface area contributed by atoms with Crippen LogP contribution in [0.1, 0.15) is 5.56 Å². The quantitative estimate of drug-likeness (QED) is 0.766. The normalized spacial score (nSPS) is 15.3. The molecule has 1 aromatic rings. The summed E-state index contributed by atoms with van der Waals surface area (Å²) < 4.78 is 0. The van der Waals surface area contributed by atoms with Gasteiger partial charge in [0.15, 0.2) is 0 Å². The number of piperazine rings is 1. The van der Waals surface area contributed by atoms with Crippen molar-refractivity contribution in [3.63, 3.8) is 0 Å². The molecule has 0 spiro atoms. The van der Waals surface area contributed by atoms with E-state index in [0.29, 0.717) is 5.56 Å². The van der Waals surface area contributed by atoms with Gasteiger partial charge in [0.25, 0.3) is 0 Å². The smallest absolute Gasteiger partial charge is 0.129 e. The fourth-order valence-electron chi connectivity index (χ4n) is 1.55. The van der Waals surface area contributed by atoms with Crippen LogP contribution < -0.4 is 10.2 Å². The summed E-state index contributed by atoms with van der Waals surface area (Å²) in [5.74, 6) is 0.908. The highest BCUT2D eigenvalue weighted by Gasteiger charge is 2.11. The molecule has 0 amide bonds. The van der Waals surface area contributed by atoms with Crippen LogP contribution in [0.2, 0.25) is 0 Å². The van der Waals surface area contributed by atoms with Crippen molar-refractivity contribution in [2.24, 2.45) is 0 Å². The SMILES string of the molecule is Cl.N#Cc1ccnc(N2CCNCC2)c1. The number of hydrogen-bond donors (Lipinski definition) is 1. The highest BCUT2D eigenvalue weighted by molar-refractivity contribution is 5.85. The lowest BCUT2D eigenvalue weighted by Gasteiger charge is -2.28. The molecule has 0 unspecified atom stereocenters. The van der Waals surface area contributed by atoms with Gasteiger partial charge in [-0.25, -0.2) is 4.98 Å². The molecule has 2 rings (SSSR count). The summed E-state index contributed by atoms with van der Waals surface area (Å²) in [6.07, 6.45) is 1.69. The summed E-state index contributed by atoms with van der Waals surface area (Å²) in [7, 11) is 0. The molecule has 80 valence electrons. The summed E-state index contributed by atoms with van der Waals surface area (Å²) in [6.45, 7) is 3.89. The number of rotatable bonds is 1. The Kier molecular flexibility index (Phi) is 4.35. The van der Waals surface area contributed by atoms with Crippen molar-refractivity contribution < 1.29 is 0 Å². The fraction of sp³-hybridized carbons (Fsp3) is 0.400. The lowest BCUT2D eigenvalue weighted by Crippen LogP contribution is -2.43. The van der Waals surface area contributed by atoms with Gasteiger partial charge in [0.2, 0.25) is 0 Å². The summed E-state index contributed by atoms with van der Waals surface area (Å²) >= 11 is 0. The summed E-state index contributed by atoms with van der Waals surface area (Å²) in [5, 5.41) is 12.0. The van der Waals surface area contributed by atoms with Crippen LogP contribution in [0.3, 0.4) is 0 Å². The molecule has 4 nitrogen and oxygen atoms in total. The Morgan fingerprint density at radius 2 is 2.13 bits per heavy atom. The average Bonchev–Trinajstić information content (AvgIpc) is 2.30. The van der Waals surface area contributed by atoms with Crippen LogP contribution in [-0.4, -0.2) is 31.2 Å². The molecule has 1 aromatic heterocycles. The Morgan fingerprint density at radius 3 is 2.80 bits per heavy atom. The number of nitriles is 1. The second-order valence-corrected chi connectivity index (χ2v) is 3.25. The molecule has 5 heteroatoms. The molecule has 0 bridgehead atoms. The van der Waals surface area contributed by atoms with E-state index in [1.54, 1.807) is 12.3 Å². The number of nitrogens with zero attached hydrogens (tertiary/aromatic N) is 3. The van der Waals surface area contributed by atoms with Crippen LogP contribution in [0.25, 0.3) is 0 Å². The van der Waals surface area contributed by atoms with Gasteiger partial charge in [-0.15, -0.1) is 12.4 Å². The van der Waals surface area contributed by atoms with Gasteiger partial charge >= 0.3 is 0 Å². The second kappa shape index (κ2) is 5.54. The summed E-state index contributed by atoms with van der Waals surface area (Å²) in [6, 6.07) is 5.69. The lowest BCUT2D eigenvalue weighted by atomic mass is 10.2. The van der Waals surface area contributed by atoms with E-state index in [1.807, 2.05) is 6.07 Å². The molecule has 15 heavy (non-hydrogen) atoms. The van der Waals surface area contributed by atoms with Gasteiger partial charge < -0.3 is 10.2 Å². The zero-order valence-electron chi connectivity index (χ0n) is 8.31. The van der Waals surface area contributed by atoms with Crippen LogP contribution in [0.15, 0.2) is 18.3 Å². The molecule has 1 N–H and O–H groups in total. The van der Waals surface area contributed by atoms with Crippen LogP contribution in [0.4, 0.5) is 5.82 Å². The van der Waals surface area contributed by atoms with E-state index < -0.39 is 0 Å². The molecule has 0 saturated carbocycles. The predicted octanol–water partition coefficient (Wildman–Crippen LogP) is 0.785. The van der Waals surface area contributed by atoms with Crippen molar-refractivity contribution in [3.05, 3.63) is 23.9 Å². The number of hydrogen-bond acceptors (Lipinski definition) is 4. The maximum Gasteiger partial charge on any atom is 0.129 e. The minimum atomic E-state index is 0. The van der Waals surface area contributed by atoms with Crippen molar-refractivity contribution in [1.29, 1.82) is 5.26 Å². The van der Waals surface area contributed by atoms with Gasteiger partial charge in [-0.05, 0) is 12.1 Å². The molecule has 1 aliphatic heterocycles. The summed E-state index contributed by atoms with van der Waals surface area (Å²) in [4.78, 5) is 6.45. The first-order valence-electron chi connectivity index (χ1n) is 4.72. The van der Waals surface area contributed by atoms with E-state index >= 15 is 0 Å². The van der Waals surface area contributed by atoms with Crippen LogP contribution in [0.5, 0.6) is 0 Å². The Labute approximate surface area is 95.3 Å². The standard InChI is InChI=1S/C10H12N4.ClH/c11-8-9-1-2-13-10(7-9)14-5-3-12-4-6-14;/h1-2,7,12H,3-6H2;1H. The minimum Gasteiger partial charge on any atom is -0.354 e. The zero-order chi connectivity index (χ0) is 9.80. The average molecular weight is 225 g/mol. The maximum absolute atomic E-state index is 8.75. The number of nitrogens with one attached hydrogen (secondary N) is 1. The fourth-order valence-corrected chi connectivity index (χ4v) is 1.55. The molecular weight excluding hydrogens is 212 g/mol. The molecule has 1 saturated heterocycles. The van der Waals surface area contributed by atoms with E-state index in [9.17, 15) is 0 Å². The van der Waals surface area contributed by atoms with Crippen LogP contribution in [-0.2, 0) is 0 Å². The van der Waals surface area contributed by atoms with Crippen molar-refractivity contribution in [2.75, 3.05) is 31.1 Å². The molecule has 0 aliphatic carbocycles. The number of anilines is 1.